The number of para-hydroxylation sites is 1. The van der Waals surface area contributed by atoms with Gasteiger partial charge in [0.15, 0.2) is 0 Å². The molecule has 0 aliphatic heterocycles. The molecule has 0 aliphatic rings. The van der Waals surface area contributed by atoms with Gasteiger partial charge in [0.1, 0.15) is 11.3 Å². The van der Waals surface area contributed by atoms with Crippen LogP contribution in [0.5, 0.6) is 5.75 Å². The topological polar surface area (TPSA) is 102 Å². The van der Waals surface area contributed by atoms with Gasteiger partial charge in [-0.25, -0.2) is 4.79 Å². The van der Waals surface area contributed by atoms with Crippen LogP contribution in [-0.2, 0) is 0 Å². The fraction of sp³-hybridized carbons (Fsp3) is 0.308. The first-order chi connectivity index (χ1) is 9.16. The molecule has 0 spiro atoms. The standard InChI is InChI=1S/C13H18N2O4/c16-9-8-15-7-6-14-5-4-10-2-1-3-11(12(10)17)13(18)19/h1-5,14-17H,6-9H2,(H,18,19)/b5-4+. The van der Waals surface area contributed by atoms with Gasteiger partial charge in [0.25, 0.3) is 0 Å². The van der Waals surface area contributed by atoms with Crippen molar-refractivity contribution in [3.63, 3.8) is 0 Å². The lowest BCUT2D eigenvalue weighted by molar-refractivity contribution is 0.0693. The van der Waals surface area contributed by atoms with E-state index < -0.39 is 5.97 Å². The number of aliphatic hydroxyl groups excluding tert-OH is 1. The lowest BCUT2D eigenvalue weighted by Crippen LogP contribution is -2.26. The predicted octanol–water partition coefficient (Wildman–Crippen LogP) is 0.233. The number of hydrogen-bond donors (Lipinski definition) is 5. The van der Waals surface area contributed by atoms with Crippen LogP contribution in [0.15, 0.2) is 24.4 Å². The summed E-state index contributed by atoms with van der Waals surface area (Å²) in [6, 6.07) is 4.55. The molecule has 0 bridgehead atoms. The number of benzene rings is 1. The Bertz CT molecular complexity index is 446. The number of phenols is 1. The summed E-state index contributed by atoms with van der Waals surface area (Å²) >= 11 is 0. The van der Waals surface area contributed by atoms with Crippen molar-refractivity contribution in [3.8, 4) is 5.75 Å². The second kappa shape index (κ2) is 8.12. The number of carboxylic acids is 1. The fourth-order valence-electron chi connectivity index (χ4n) is 1.47. The van der Waals surface area contributed by atoms with E-state index in [0.29, 0.717) is 25.2 Å². The van der Waals surface area contributed by atoms with E-state index >= 15 is 0 Å². The summed E-state index contributed by atoms with van der Waals surface area (Å²) in [5.41, 5.74) is 0.322. The zero-order valence-corrected chi connectivity index (χ0v) is 10.5. The summed E-state index contributed by atoms with van der Waals surface area (Å²) in [6.45, 7) is 2.01. The molecule has 1 aromatic rings. The minimum atomic E-state index is -1.16. The summed E-state index contributed by atoms with van der Waals surface area (Å²) in [4.78, 5) is 10.8. The summed E-state index contributed by atoms with van der Waals surface area (Å²) < 4.78 is 0. The average Bonchev–Trinajstić information content (AvgIpc) is 2.39. The minimum absolute atomic E-state index is 0.103. The molecule has 6 nitrogen and oxygen atoms in total. The van der Waals surface area contributed by atoms with Crippen LogP contribution >= 0.6 is 0 Å². The van der Waals surface area contributed by atoms with Gasteiger partial charge in [0.05, 0.1) is 6.61 Å². The van der Waals surface area contributed by atoms with Gasteiger partial charge >= 0.3 is 5.97 Å². The molecule has 0 aromatic heterocycles. The van der Waals surface area contributed by atoms with Crippen LogP contribution in [0.1, 0.15) is 15.9 Å². The summed E-state index contributed by atoms with van der Waals surface area (Å²) in [6.07, 6.45) is 3.25. The lowest BCUT2D eigenvalue weighted by Gasteiger charge is -2.04. The Kier molecular flexibility index (Phi) is 6.42. The van der Waals surface area contributed by atoms with Crippen molar-refractivity contribution in [2.24, 2.45) is 0 Å². The van der Waals surface area contributed by atoms with Gasteiger partial charge in [-0.15, -0.1) is 0 Å². The number of aromatic carboxylic acids is 1. The highest BCUT2D eigenvalue weighted by atomic mass is 16.4. The molecule has 0 aliphatic carbocycles. The SMILES string of the molecule is O=C(O)c1cccc(/C=C/NCCNCCO)c1O. The minimum Gasteiger partial charge on any atom is -0.506 e. The fourth-order valence-corrected chi connectivity index (χ4v) is 1.47. The third-order valence-electron chi connectivity index (χ3n) is 2.41. The van der Waals surface area contributed by atoms with Crippen LogP contribution in [0.4, 0.5) is 0 Å². The molecule has 0 amide bonds. The average molecular weight is 266 g/mol. The molecule has 104 valence electrons. The molecule has 1 aromatic carbocycles. The van der Waals surface area contributed by atoms with Crippen molar-refractivity contribution in [2.45, 2.75) is 0 Å². The van der Waals surface area contributed by atoms with E-state index in [1.165, 1.54) is 6.07 Å². The van der Waals surface area contributed by atoms with Crippen LogP contribution in [0.2, 0.25) is 0 Å². The third-order valence-corrected chi connectivity index (χ3v) is 2.41. The van der Waals surface area contributed by atoms with E-state index in [0.717, 1.165) is 0 Å². The molecule has 19 heavy (non-hydrogen) atoms. The highest BCUT2D eigenvalue weighted by Gasteiger charge is 2.10. The largest absolute Gasteiger partial charge is 0.506 e. The van der Waals surface area contributed by atoms with E-state index in [9.17, 15) is 9.90 Å². The van der Waals surface area contributed by atoms with Crippen molar-refractivity contribution in [1.29, 1.82) is 0 Å². The van der Waals surface area contributed by atoms with Crippen molar-refractivity contribution in [2.75, 3.05) is 26.2 Å². The summed E-state index contributed by atoms with van der Waals surface area (Å²) in [5, 5.41) is 33.1. The molecule has 5 N–H and O–H groups in total. The van der Waals surface area contributed by atoms with E-state index in [2.05, 4.69) is 10.6 Å². The molecule has 0 atom stereocenters. The third kappa shape index (κ3) is 4.99. The Morgan fingerprint density at radius 2 is 2.05 bits per heavy atom. The molecule has 0 heterocycles. The van der Waals surface area contributed by atoms with E-state index in [4.69, 9.17) is 10.2 Å². The first kappa shape index (κ1) is 15.0. The maximum absolute atomic E-state index is 10.8. The van der Waals surface area contributed by atoms with E-state index in [1.807, 2.05) is 0 Å². The van der Waals surface area contributed by atoms with Gasteiger partial charge in [0.2, 0.25) is 0 Å². The molecular weight excluding hydrogens is 248 g/mol. The highest BCUT2D eigenvalue weighted by Crippen LogP contribution is 2.23. The van der Waals surface area contributed by atoms with Gasteiger partial charge < -0.3 is 26.0 Å². The van der Waals surface area contributed by atoms with Crippen LogP contribution in [0, 0.1) is 0 Å². The molecule has 1 rings (SSSR count). The van der Waals surface area contributed by atoms with Crippen molar-refractivity contribution < 1.29 is 20.1 Å². The Morgan fingerprint density at radius 1 is 1.26 bits per heavy atom. The Balaban J connectivity index is 2.48. The second-order valence-electron chi connectivity index (χ2n) is 3.81. The number of carbonyl (C=O) groups is 1. The highest BCUT2D eigenvalue weighted by molar-refractivity contribution is 5.92. The van der Waals surface area contributed by atoms with Crippen molar-refractivity contribution in [3.05, 3.63) is 35.5 Å². The summed E-state index contributed by atoms with van der Waals surface area (Å²) in [5.74, 6) is -1.40. The first-order valence-corrected chi connectivity index (χ1v) is 5.93. The molecule has 0 fully saturated rings. The number of rotatable bonds is 8. The Labute approximate surface area is 111 Å². The number of aliphatic hydroxyl groups is 1. The van der Waals surface area contributed by atoms with Gasteiger partial charge in [-0.1, -0.05) is 12.1 Å². The van der Waals surface area contributed by atoms with Crippen LogP contribution < -0.4 is 10.6 Å². The van der Waals surface area contributed by atoms with Gasteiger partial charge in [-0.3, -0.25) is 0 Å². The number of aromatic hydroxyl groups is 1. The maximum Gasteiger partial charge on any atom is 0.339 e. The molecule has 0 saturated carbocycles. The van der Waals surface area contributed by atoms with E-state index in [1.54, 1.807) is 24.4 Å². The van der Waals surface area contributed by atoms with Crippen molar-refractivity contribution in [1.82, 2.24) is 10.6 Å². The molecule has 0 saturated heterocycles. The lowest BCUT2D eigenvalue weighted by atomic mass is 10.1. The van der Waals surface area contributed by atoms with Gasteiger partial charge in [-0.2, -0.15) is 0 Å². The number of nitrogens with one attached hydrogen (secondary N) is 2. The predicted molar refractivity (Wildman–Crippen MR) is 72.1 cm³/mol. The molecule has 0 unspecified atom stereocenters. The zero-order chi connectivity index (χ0) is 14.1. The quantitative estimate of drug-likeness (QED) is 0.432. The summed E-state index contributed by atoms with van der Waals surface area (Å²) in [7, 11) is 0. The van der Waals surface area contributed by atoms with Crippen molar-refractivity contribution >= 4 is 12.0 Å². The number of carboxylic acid groups (broad SMARTS) is 1. The Morgan fingerprint density at radius 3 is 2.74 bits per heavy atom. The second-order valence-corrected chi connectivity index (χ2v) is 3.81. The van der Waals surface area contributed by atoms with Gasteiger partial charge in [0, 0.05) is 25.2 Å². The van der Waals surface area contributed by atoms with Crippen LogP contribution in [0.25, 0.3) is 6.08 Å². The van der Waals surface area contributed by atoms with Crippen LogP contribution in [-0.4, -0.2) is 47.5 Å². The van der Waals surface area contributed by atoms with E-state index in [-0.39, 0.29) is 17.9 Å². The first-order valence-electron chi connectivity index (χ1n) is 5.93. The number of hydrogen-bond acceptors (Lipinski definition) is 5. The molecular formula is C13H18N2O4. The Hall–Kier alpha value is -2.05. The normalized spacial score (nSPS) is 10.8. The maximum atomic E-state index is 10.8. The van der Waals surface area contributed by atoms with Crippen LogP contribution in [0.3, 0.4) is 0 Å². The molecule has 6 heteroatoms. The zero-order valence-electron chi connectivity index (χ0n) is 10.5. The smallest absolute Gasteiger partial charge is 0.339 e. The van der Waals surface area contributed by atoms with Gasteiger partial charge in [-0.05, 0) is 18.3 Å². The molecule has 0 radical (unpaired) electrons. The monoisotopic (exact) mass is 266 g/mol.